The number of carbonyl (C=O) groups excluding carboxylic acids is 1. The highest BCUT2D eigenvalue weighted by atomic mass is 16.2. The summed E-state index contributed by atoms with van der Waals surface area (Å²) in [6, 6.07) is 0.482. The summed E-state index contributed by atoms with van der Waals surface area (Å²) in [5.74, 6) is 1.22. The van der Waals surface area contributed by atoms with E-state index in [9.17, 15) is 4.79 Å². The molecular formula is C14H26N2O. The van der Waals surface area contributed by atoms with Crippen LogP contribution in [0.2, 0.25) is 0 Å². The molecule has 0 aromatic carbocycles. The summed E-state index contributed by atoms with van der Waals surface area (Å²) in [5.41, 5.74) is 0. The van der Waals surface area contributed by atoms with E-state index in [1.165, 1.54) is 19.3 Å². The van der Waals surface area contributed by atoms with E-state index in [0.29, 0.717) is 11.9 Å². The third-order valence-electron chi connectivity index (χ3n) is 4.10. The van der Waals surface area contributed by atoms with Gasteiger partial charge in [-0.1, -0.05) is 32.6 Å². The average Bonchev–Trinajstić information content (AvgIpc) is 3.03. The second-order valence-corrected chi connectivity index (χ2v) is 5.81. The van der Waals surface area contributed by atoms with Gasteiger partial charge in [0.15, 0.2) is 0 Å². The molecule has 1 aliphatic carbocycles. The normalized spacial score (nSPS) is 31.0. The van der Waals surface area contributed by atoms with Gasteiger partial charge in [0.2, 0.25) is 5.91 Å². The number of nitrogens with one attached hydrogen (secondary N) is 1. The van der Waals surface area contributed by atoms with Gasteiger partial charge in [0.05, 0.1) is 12.2 Å². The van der Waals surface area contributed by atoms with Crippen molar-refractivity contribution in [2.75, 3.05) is 0 Å². The van der Waals surface area contributed by atoms with Crippen LogP contribution in [-0.4, -0.2) is 29.1 Å². The number of amides is 1. The Morgan fingerprint density at radius 3 is 2.76 bits per heavy atom. The molecule has 0 radical (unpaired) electrons. The van der Waals surface area contributed by atoms with Gasteiger partial charge in [-0.05, 0) is 32.6 Å². The Bertz CT molecular complexity index is 275. The molecule has 1 saturated carbocycles. The van der Waals surface area contributed by atoms with Crippen molar-refractivity contribution in [1.29, 1.82) is 0 Å². The zero-order chi connectivity index (χ0) is 12.4. The quantitative estimate of drug-likeness (QED) is 0.771. The van der Waals surface area contributed by atoms with E-state index < -0.39 is 0 Å². The van der Waals surface area contributed by atoms with Gasteiger partial charge < -0.3 is 4.90 Å². The van der Waals surface area contributed by atoms with Crippen molar-refractivity contribution in [2.45, 2.75) is 77.5 Å². The molecule has 3 nitrogen and oxygen atoms in total. The van der Waals surface area contributed by atoms with Crippen molar-refractivity contribution < 1.29 is 4.79 Å². The van der Waals surface area contributed by atoms with Crippen LogP contribution in [-0.2, 0) is 4.79 Å². The molecule has 2 aliphatic rings. The topological polar surface area (TPSA) is 32.3 Å². The first-order valence-electron chi connectivity index (χ1n) is 7.21. The molecule has 17 heavy (non-hydrogen) atoms. The van der Waals surface area contributed by atoms with Crippen LogP contribution < -0.4 is 5.32 Å². The summed E-state index contributed by atoms with van der Waals surface area (Å²) >= 11 is 0. The van der Waals surface area contributed by atoms with E-state index in [1.54, 1.807) is 0 Å². The lowest BCUT2D eigenvalue weighted by Gasteiger charge is -2.28. The predicted molar refractivity (Wildman–Crippen MR) is 69.6 cm³/mol. The number of hydrogen-bond acceptors (Lipinski definition) is 2. The number of hydrogen-bond donors (Lipinski definition) is 1. The van der Waals surface area contributed by atoms with E-state index in [2.05, 4.69) is 31.0 Å². The highest BCUT2D eigenvalue weighted by Gasteiger charge is 2.39. The van der Waals surface area contributed by atoms with Crippen LogP contribution in [0.25, 0.3) is 0 Å². The SMILES string of the molecule is CCCCC1NC(C)N(C(C)CC2CC2)C1=O. The zero-order valence-electron chi connectivity index (χ0n) is 11.4. The predicted octanol–water partition coefficient (Wildman–Crippen LogP) is 2.51. The molecule has 2 fully saturated rings. The molecule has 1 heterocycles. The smallest absolute Gasteiger partial charge is 0.241 e. The summed E-state index contributed by atoms with van der Waals surface area (Å²) in [6.45, 7) is 6.50. The monoisotopic (exact) mass is 238 g/mol. The Morgan fingerprint density at radius 1 is 1.47 bits per heavy atom. The minimum atomic E-state index is 0.0756. The number of carbonyl (C=O) groups is 1. The Morgan fingerprint density at radius 2 is 2.18 bits per heavy atom. The molecule has 0 aromatic rings. The van der Waals surface area contributed by atoms with Crippen molar-refractivity contribution in [1.82, 2.24) is 10.2 Å². The average molecular weight is 238 g/mol. The lowest BCUT2D eigenvalue weighted by Crippen LogP contribution is -2.41. The van der Waals surface area contributed by atoms with E-state index in [0.717, 1.165) is 25.2 Å². The van der Waals surface area contributed by atoms with Gasteiger partial charge >= 0.3 is 0 Å². The summed E-state index contributed by atoms with van der Waals surface area (Å²) in [6.07, 6.45) is 7.45. The molecule has 1 aliphatic heterocycles. The Labute approximate surface area is 105 Å². The molecule has 0 bridgehead atoms. The fourth-order valence-electron chi connectivity index (χ4n) is 2.98. The molecule has 98 valence electrons. The molecule has 3 unspecified atom stereocenters. The Hall–Kier alpha value is -0.570. The second kappa shape index (κ2) is 5.38. The van der Waals surface area contributed by atoms with Gasteiger partial charge in [-0.15, -0.1) is 0 Å². The van der Waals surface area contributed by atoms with Crippen molar-refractivity contribution in [3.8, 4) is 0 Å². The van der Waals surface area contributed by atoms with Gasteiger partial charge in [-0.2, -0.15) is 0 Å². The number of unbranched alkanes of at least 4 members (excludes halogenated alkanes) is 1. The summed E-state index contributed by atoms with van der Waals surface area (Å²) in [4.78, 5) is 14.4. The molecule has 1 saturated heterocycles. The van der Waals surface area contributed by atoms with Crippen LogP contribution in [0.4, 0.5) is 0 Å². The van der Waals surface area contributed by atoms with Gasteiger partial charge in [0, 0.05) is 6.04 Å². The zero-order valence-corrected chi connectivity index (χ0v) is 11.4. The summed E-state index contributed by atoms with van der Waals surface area (Å²) < 4.78 is 0. The largest absolute Gasteiger partial charge is 0.323 e. The first kappa shape index (κ1) is 12.9. The van der Waals surface area contributed by atoms with Gasteiger partial charge in [0.25, 0.3) is 0 Å². The summed E-state index contributed by atoms with van der Waals surface area (Å²) in [5, 5.41) is 3.44. The van der Waals surface area contributed by atoms with Crippen LogP contribution in [0.5, 0.6) is 0 Å². The van der Waals surface area contributed by atoms with Crippen LogP contribution >= 0.6 is 0 Å². The van der Waals surface area contributed by atoms with Gasteiger partial charge in [-0.25, -0.2) is 0 Å². The maximum Gasteiger partial charge on any atom is 0.241 e. The first-order valence-corrected chi connectivity index (χ1v) is 7.21. The molecular weight excluding hydrogens is 212 g/mol. The summed E-state index contributed by atoms with van der Waals surface area (Å²) in [7, 11) is 0. The second-order valence-electron chi connectivity index (χ2n) is 5.81. The number of rotatable bonds is 6. The molecule has 1 N–H and O–H groups in total. The maximum absolute atomic E-state index is 12.3. The van der Waals surface area contributed by atoms with Crippen LogP contribution in [0, 0.1) is 5.92 Å². The Kier molecular flexibility index (Phi) is 4.08. The third kappa shape index (κ3) is 3.01. The van der Waals surface area contributed by atoms with Gasteiger partial charge in [0.1, 0.15) is 0 Å². The van der Waals surface area contributed by atoms with E-state index in [4.69, 9.17) is 0 Å². The fraction of sp³-hybridized carbons (Fsp3) is 0.929. The van der Waals surface area contributed by atoms with Crippen molar-refractivity contribution >= 4 is 5.91 Å². The lowest BCUT2D eigenvalue weighted by atomic mass is 10.1. The fourth-order valence-corrected chi connectivity index (χ4v) is 2.98. The van der Waals surface area contributed by atoms with E-state index in [1.807, 2.05) is 0 Å². The molecule has 2 rings (SSSR count). The standard InChI is InChI=1S/C14H26N2O/c1-4-5-6-13-14(17)16(11(3)15-13)10(2)9-12-7-8-12/h10-13,15H,4-9H2,1-3H3. The minimum absolute atomic E-state index is 0.0756. The highest BCUT2D eigenvalue weighted by molar-refractivity contribution is 5.84. The van der Waals surface area contributed by atoms with Crippen LogP contribution in [0.3, 0.4) is 0 Å². The Balaban J connectivity index is 1.89. The maximum atomic E-state index is 12.3. The molecule has 3 atom stereocenters. The van der Waals surface area contributed by atoms with Crippen LogP contribution in [0.1, 0.15) is 59.3 Å². The molecule has 1 amide bonds. The van der Waals surface area contributed by atoms with E-state index in [-0.39, 0.29) is 12.2 Å². The molecule has 3 heteroatoms. The number of nitrogens with zero attached hydrogens (tertiary/aromatic N) is 1. The van der Waals surface area contributed by atoms with E-state index >= 15 is 0 Å². The lowest BCUT2D eigenvalue weighted by molar-refractivity contribution is -0.132. The van der Waals surface area contributed by atoms with Crippen LogP contribution in [0.15, 0.2) is 0 Å². The van der Waals surface area contributed by atoms with Crippen molar-refractivity contribution in [3.63, 3.8) is 0 Å². The molecule has 0 aromatic heterocycles. The van der Waals surface area contributed by atoms with Gasteiger partial charge in [-0.3, -0.25) is 10.1 Å². The van der Waals surface area contributed by atoms with Crippen molar-refractivity contribution in [2.24, 2.45) is 5.92 Å². The van der Waals surface area contributed by atoms with Crippen molar-refractivity contribution in [3.05, 3.63) is 0 Å². The first-order chi connectivity index (χ1) is 8.13. The highest BCUT2D eigenvalue weighted by Crippen LogP contribution is 2.35. The minimum Gasteiger partial charge on any atom is -0.323 e. The molecule has 0 spiro atoms. The third-order valence-corrected chi connectivity index (χ3v) is 4.10.